The van der Waals surface area contributed by atoms with E-state index < -0.39 is 0 Å². The quantitative estimate of drug-likeness (QED) is 0.753. The maximum absolute atomic E-state index is 12.1. The Labute approximate surface area is 102 Å². The summed E-state index contributed by atoms with van der Waals surface area (Å²) in [6.45, 7) is 7.84. The summed E-state index contributed by atoms with van der Waals surface area (Å²) in [5.41, 5.74) is 1.28. The van der Waals surface area contributed by atoms with Gasteiger partial charge in [-0.3, -0.25) is 9.48 Å². The first-order valence-corrected chi connectivity index (χ1v) is 5.72. The van der Waals surface area contributed by atoms with Gasteiger partial charge < -0.3 is 0 Å². The second-order valence-electron chi connectivity index (χ2n) is 5.47. The van der Waals surface area contributed by atoms with Gasteiger partial charge >= 0.3 is 0 Å². The van der Waals surface area contributed by atoms with Crippen molar-refractivity contribution in [3.8, 4) is 6.07 Å². The van der Waals surface area contributed by atoms with Crippen molar-refractivity contribution < 1.29 is 4.79 Å². The lowest BCUT2D eigenvalue weighted by atomic mass is 9.87. The van der Waals surface area contributed by atoms with Crippen molar-refractivity contribution in [1.82, 2.24) is 9.78 Å². The van der Waals surface area contributed by atoms with Gasteiger partial charge in [-0.2, -0.15) is 10.4 Å². The molecular formula is C13H19N3O. The molecule has 0 N–H and O–H groups in total. The Kier molecular flexibility index (Phi) is 3.72. The standard InChI is InChI=1S/C13H19N3O/c1-9(7-14)6-11(17)10-8-16(5)15-12(10)13(2,3)4/h8-9H,6H2,1-5H3. The van der Waals surface area contributed by atoms with Crippen molar-refractivity contribution in [2.45, 2.75) is 39.5 Å². The van der Waals surface area contributed by atoms with E-state index in [0.717, 1.165) is 5.69 Å². The molecule has 0 aliphatic carbocycles. The fourth-order valence-corrected chi connectivity index (χ4v) is 1.68. The van der Waals surface area contributed by atoms with Gasteiger partial charge in [-0.25, -0.2) is 0 Å². The fourth-order valence-electron chi connectivity index (χ4n) is 1.68. The maximum Gasteiger partial charge on any atom is 0.167 e. The van der Waals surface area contributed by atoms with E-state index in [0.29, 0.717) is 5.56 Å². The number of carbonyl (C=O) groups is 1. The van der Waals surface area contributed by atoms with E-state index in [-0.39, 0.29) is 23.5 Å². The highest BCUT2D eigenvalue weighted by molar-refractivity contribution is 5.97. The Bertz CT molecular complexity index is 460. The van der Waals surface area contributed by atoms with Crippen molar-refractivity contribution in [3.05, 3.63) is 17.5 Å². The van der Waals surface area contributed by atoms with Gasteiger partial charge in [-0.1, -0.05) is 20.8 Å². The smallest absolute Gasteiger partial charge is 0.167 e. The van der Waals surface area contributed by atoms with Gasteiger partial charge in [0, 0.05) is 25.1 Å². The van der Waals surface area contributed by atoms with Crippen LogP contribution in [0.1, 0.15) is 50.2 Å². The zero-order chi connectivity index (χ0) is 13.2. The summed E-state index contributed by atoms with van der Waals surface area (Å²) in [5, 5.41) is 13.1. The molecule has 1 heterocycles. The number of Topliss-reactive ketones (excluding diaryl/α,β-unsaturated/α-hetero) is 1. The highest BCUT2D eigenvalue weighted by Crippen LogP contribution is 2.25. The molecule has 17 heavy (non-hydrogen) atoms. The molecule has 1 rings (SSSR count). The second kappa shape index (κ2) is 4.70. The molecule has 0 fully saturated rings. The van der Waals surface area contributed by atoms with Crippen molar-refractivity contribution in [1.29, 1.82) is 5.26 Å². The van der Waals surface area contributed by atoms with Gasteiger partial charge in [0.2, 0.25) is 0 Å². The van der Waals surface area contributed by atoms with Crippen LogP contribution in [0.2, 0.25) is 0 Å². The number of nitrogens with zero attached hydrogens (tertiary/aromatic N) is 3. The summed E-state index contributed by atoms with van der Waals surface area (Å²) >= 11 is 0. The highest BCUT2D eigenvalue weighted by Gasteiger charge is 2.26. The Morgan fingerprint density at radius 3 is 2.65 bits per heavy atom. The lowest BCUT2D eigenvalue weighted by molar-refractivity contribution is 0.0970. The second-order valence-corrected chi connectivity index (χ2v) is 5.47. The van der Waals surface area contributed by atoms with E-state index in [1.807, 2.05) is 20.8 Å². The molecule has 1 atom stereocenters. The normalized spacial score (nSPS) is 13.2. The number of nitriles is 1. The van der Waals surface area contributed by atoms with Crippen LogP contribution in [0, 0.1) is 17.2 Å². The van der Waals surface area contributed by atoms with Crippen molar-refractivity contribution in [2.24, 2.45) is 13.0 Å². The predicted octanol–water partition coefficient (Wildman–Crippen LogP) is 2.45. The third-order valence-electron chi connectivity index (χ3n) is 2.55. The van der Waals surface area contributed by atoms with Gasteiger partial charge in [0.05, 0.1) is 23.2 Å². The van der Waals surface area contributed by atoms with Gasteiger partial charge in [0.25, 0.3) is 0 Å². The number of aromatic nitrogens is 2. The molecule has 0 aromatic carbocycles. The first-order valence-electron chi connectivity index (χ1n) is 5.72. The minimum Gasteiger partial charge on any atom is -0.294 e. The number of aryl methyl sites for hydroxylation is 1. The van der Waals surface area contributed by atoms with Gasteiger partial charge in [-0.05, 0) is 6.92 Å². The molecule has 4 nitrogen and oxygen atoms in total. The minimum absolute atomic E-state index is 0.00271. The van der Waals surface area contributed by atoms with Crippen LogP contribution in [0.25, 0.3) is 0 Å². The molecule has 0 saturated heterocycles. The van der Waals surface area contributed by atoms with E-state index in [9.17, 15) is 4.79 Å². The third kappa shape index (κ3) is 3.16. The van der Waals surface area contributed by atoms with Gasteiger partial charge in [0.15, 0.2) is 5.78 Å². The number of ketones is 1. The molecule has 1 aromatic heterocycles. The highest BCUT2D eigenvalue weighted by atomic mass is 16.1. The number of rotatable bonds is 3. The Morgan fingerprint density at radius 1 is 1.59 bits per heavy atom. The largest absolute Gasteiger partial charge is 0.294 e. The summed E-state index contributed by atoms with van der Waals surface area (Å²) < 4.78 is 1.66. The van der Waals surface area contributed by atoms with Crippen molar-refractivity contribution in [3.63, 3.8) is 0 Å². The molecule has 0 saturated carbocycles. The van der Waals surface area contributed by atoms with Crippen LogP contribution in [0.3, 0.4) is 0 Å². The van der Waals surface area contributed by atoms with Crippen LogP contribution < -0.4 is 0 Å². The molecule has 0 spiro atoms. The Morgan fingerprint density at radius 2 is 2.18 bits per heavy atom. The van der Waals surface area contributed by atoms with E-state index in [1.165, 1.54) is 0 Å². The lowest BCUT2D eigenvalue weighted by Crippen LogP contribution is -2.17. The monoisotopic (exact) mass is 233 g/mol. The van der Waals surface area contributed by atoms with E-state index in [1.54, 1.807) is 24.9 Å². The first kappa shape index (κ1) is 13.4. The molecule has 0 aliphatic rings. The van der Waals surface area contributed by atoms with Crippen LogP contribution >= 0.6 is 0 Å². The summed E-state index contributed by atoms with van der Waals surface area (Å²) in [5.74, 6) is -0.257. The van der Waals surface area contributed by atoms with E-state index >= 15 is 0 Å². The Hall–Kier alpha value is -1.63. The molecule has 1 unspecified atom stereocenters. The predicted molar refractivity (Wildman–Crippen MR) is 65.6 cm³/mol. The Balaban J connectivity index is 3.07. The molecule has 0 radical (unpaired) electrons. The topological polar surface area (TPSA) is 58.7 Å². The molecule has 4 heteroatoms. The summed E-state index contributed by atoms with van der Waals surface area (Å²) in [6.07, 6.45) is 2.00. The minimum atomic E-state index is -0.254. The van der Waals surface area contributed by atoms with Crippen LogP contribution in [0.5, 0.6) is 0 Å². The molecule has 0 amide bonds. The number of hydrogen-bond acceptors (Lipinski definition) is 3. The van der Waals surface area contributed by atoms with Crippen molar-refractivity contribution in [2.75, 3.05) is 0 Å². The first-order chi connectivity index (χ1) is 7.75. The van der Waals surface area contributed by atoms with Crippen LogP contribution in [-0.4, -0.2) is 15.6 Å². The maximum atomic E-state index is 12.1. The zero-order valence-corrected chi connectivity index (χ0v) is 11.1. The number of carbonyl (C=O) groups excluding carboxylic acids is 1. The SMILES string of the molecule is CC(C#N)CC(=O)c1cn(C)nc1C(C)(C)C. The van der Waals surface area contributed by atoms with Crippen LogP contribution in [0.15, 0.2) is 6.20 Å². The summed E-state index contributed by atoms with van der Waals surface area (Å²) in [4.78, 5) is 12.1. The molecule has 0 bridgehead atoms. The third-order valence-corrected chi connectivity index (χ3v) is 2.55. The lowest BCUT2D eigenvalue weighted by Gasteiger charge is -2.17. The summed E-state index contributed by atoms with van der Waals surface area (Å²) in [7, 11) is 1.81. The van der Waals surface area contributed by atoms with Gasteiger partial charge in [0.1, 0.15) is 0 Å². The molecular weight excluding hydrogens is 214 g/mol. The van der Waals surface area contributed by atoms with E-state index in [2.05, 4.69) is 11.2 Å². The fraction of sp³-hybridized carbons (Fsp3) is 0.615. The van der Waals surface area contributed by atoms with Crippen LogP contribution in [-0.2, 0) is 12.5 Å². The van der Waals surface area contributed by atoms with E-state index in [4.69, 9.17) is 5.26 Å². The molecule has 1 aromatic rings. The summed E-state index contributed by atoms with van der Waals surface area (Å²) in [6, 6.07) is 2.08. The zero-order valence-electron chi connectivity index (χ0n) is 11.1. The number of hydrogen-bond donors (Lipinski definition) is 0. The average Bonchev–Trinajstić information content (AvgIpc) is 2.59. The van der Waals surface area contributed by atoms with Crippen molar-refractivity contribution >= 4 is 5.78 Å². The van der Waals surface area contributed by atoms with Crippen LogP contribution in [0.4, 0.5) is 0 Å². The molecule has 92 valence electrons. The average molecular weight is 233 g/mol. The molecule has 0 aliphatic heterocycles. The van der Waals surface area contributed by atoms with Gasteiger partial charge in [-0.15, -0.1) is 0 Å².